The lowest BCUT2D eigenvalue weighted by molar-refractivity contribution is -0.107. The molecule has 0 aliphatic carbocycles. The van der Waals surface area contributed by atoms with Gasteiger partial charge in [-0.25, -0.2) is 0 Å². The molecular formula is C15H15NOS. The lowest BCUT2D eigenvalue weighted by atomic mass is 10.0. The molecule has 0 radical (unpaired) electrons. The van der Waals surface area contributed by atoms with Crippen molar-refractivity contribution in [2.45, 2.75) is 18.7 Å². The molecule has 92 valence electrons. The van der Waals surface area contributed by atoms with Gasteiger partial charge in [-0.15, -0.1) is 0 Å². The van der Waals surface area contributed by atoms with Gasteiger partial charge in [-0.05, 0) is 42.5 Å². The molecule has 18 heavy (non-hydrogen) atoms. The first-order valence-electron chi connectivity index (χ1n) is 5.75. The second-order valence-corrected chi connectivity index (χ2v) is 5.00. The van der Waals surface area contributed by atoms with Crippen molar-refractivity contribution in [3.63, 3.8) is 0 Å². The van der Waals surface area contributed by atoms with Crippen LogP contribution in [0.2, 0.25) is 0 Å². The zero-order valence-corrected chi connectivity index (χ0v) is 11.3. The van der Waals surface area contributed by atoms with Crippen LogP contribution in [0.1, 0.15) is 11.1 Å². The van der Waals surface area contributed by atoms with E-state index in [1.165, 1.54) is 23.1 Å². The Morgan fingerprint density at radius 3 is 2.44 bits per heavy atom. The zero-order valence-electron chi connectivity index (χ0n) is 10.4. The van der Waals surface area contributed by atoms with Crippen molar-refractivity contribution in [1.82, 2.24) is 4.72 Å². The van der Waals surface area contributed by atoms with Gasteiger partial charge in [0.25, 0.3) is 0 Å². The molecule has 0 aromatic heterocycles. The highest BCUT2D eigenvalue weighted by molar-refractivity contribution is 7.98. The Labute approximate surface area is 112 Å². The molecule has 1 amide bonds. The van der Waals surface area contributed by atoms with Crippen molar-refractivity contribution < 1.29 is 4.79 Å². The molecule has 0 bridgehead atoms. The van der Waals surface area contributed by atoms with Crippen molar-refractivity contribution in [3.05, 3.63) is 53.6 Å². The molecule has 0 unspecified atom stereocenters. The summed E-state index contributed by atoms with van der Waals surface area (Å²) in [5, 5.41) is 0. The number of carbonyl (C=O) groups is 1. The first-order valence-corrected chi connectivity index (χ1v) is 6.56. The third kappa shape index (κ3) is 2.74. The molecule has 0 atom stereocenters. The maximum Gasteiger partial charge on any atom is 0.217 e. The summed E-state index contributed by atoms with van der Waals surface area (Å²) >= 11 is 1.35. The Bertz CT molecular complexity index is 549. The molecule has 0 fully saturated rings. The first kappa shape index (κ1) is 12.7. The fraction of sp³-hybridized carbons (Fsp3) is 0.133. The van der Waals surface area contributed by atoms with E-state index in [0.29, 0.717) is 6.41 Å². The molecule has 0 spiro atoms. The van der Waals surface area contributed by atoms with E-state index in [0.717, 1.165) is 16.0 Å². The van der Waals surface area contributed by atoms with E-state index in [2.05, 4.69) is 42.0 Å². The Hall–Kier alpha value is -1.74. The largest absolute Gasteiger partial charge is 0.299 e. The highest BCUT2D eigenvalue weighted by atomic mass is 32.2. The number of carbonyl (C=O) groups excluding carboxylic acids is 1. The molecule has 2 aromatic rings. The molecule has 3 heteroatoms. The van der Waals surface area contributed by atoms with E-state index in [9.17, 15) is 4.79 Å². The Morgan fingerprint density at radius 1 is 1.06 bits per heavy atom. The van der Waals surface area contributed by atoms with Crippen molar-refractivity contribution >= 4 is 18.4 Å². The summed E-state index contributed by atoms with van der Waals surface area (Å²) in [7, 11) is 0. The van der Waals surface area contributed by atoms with E-state index in [1.807, 2.05) is 19.1 Å². The molecule has 1 N–H and O–H groups in total. The number of rotatable bonds is 4. The van der Waals surface area contributed by atoms with Gasteiger partial charge in [0.2, 0.25) is 6.41 Å². The van der Waals surface area contributed by atoms with Gasteiger partial charge in [0.1, 0.15) is 0 Å². The van der Waals surface area contributed by atoms with Crippen molar-refractivity contribution in [2.24, 2.45) is 0 Å². The van der Waals surface area contributed by atoms with Gasteiger partial charge in [0.15, 0.2) is 0 Å². The van der Waals surface area contributed by atoms with Crippen LogP contribution in [-0.2, 0) is 4.79 Å². The minimum Gasteiger partial charge on any atom is -0.299 e. The summed E-state index contributed by atoms with van der Waals surface area (Å²) in [6, 6.07) is 14.6. The normalized spacial score (nSPS) is 10.1. The highest BCUT2D eigenvalue weighted by Crippen LogP contribution is 2.32. The third-order valence-electron chi connectivity index (χ3n) is 2.78. The maximum absolute atomic E-state index is 10.4. The average molecular weight is 257 g/mol. The quantitative estimate of drug-likeness (QED) is 0.668. The van der Waals surface area contributed by atoms with Crippen molar-refractivity contribution in [1.29, 1.82) is 0 Å². The van der Waals surface area contributed by atoms with Gasteiger partial charge in [0.05, 0.1) is 0 Å². The second kappa shape index (κ2) is 5.74. The number of benzene rings is 2. The predicted molar refractivity (Wildman–Crippen MR) is 76.4 cm³/mol. The molecule has 2 nitrogen and oxygen atoms in total. The van der Waals surface area contributed by atoms with Crippen LogP contribution in [0.4, 0.5) is 0 Å². The van der Waals surface area contributed by atoms with Gasteiger partial charge in [-0.3, -0.25) is 9.52 Å². The number of hydrogen-bond donors (Lipinski definition) is 1. The molecule has 2 aromatic carbocycles. The standard InChI is InChI=1S/C15H15NOS/c1-11-6-8-13(9-7-11)14-5-3-4-12(2)15(14)18-16-10-17/h3-10H,1-2H3,(H,16,17). The van der Waals surface area contributed by atoms with Crippen molar-refractivity contribution in [3.8, 4) is 11.1 Å². The van der Waals surface area contributed by atoms with Crippen LogP contribution in [-0.4, -0.2) is 6.41 Å². The summed E-state index contributed by atoms with van der Waals surface area (Å²) in [6.45, 7) is 4.12. The number of aryl methyl sites for hydroxylation is 2. The number of hydrogen-bond acceptors (Lipinski definition) is 2. The van der Waals surface area contributed by atoms with Gasteiger partial charge >= 0.3 is 0 Å². The molecule has 2 rings (SSSR count). The van der Waals surface area contributed by atoms with E-state index in [-0.39, 0.29) is 0 Å². The molecule has 0 saturated heterocycles. The van der Waals surface area contributed by atoms with Crippen LogP contribution in [0, 0.1) is 13.8 Å². The van der Waals surface area contributed by atoms with Crippen LogP contribution >= 0.6 is 11.9 Å². The molecule has 0 aliphatic heterocycles. The summed E-state index contributed by atoms with van der Waals surface area (Å²) in [5.41, 5.74) is 4.72. The number of nitrogens with one attached hydrogen (secondary N) is 1. The van der Waals surface area contributed by atoms with E-state index in [1.54, 1.807) is 0 Å². The monoisotopic (exact) mass is 257 g/mol. The molecule has 0 aliphatic rings. The second-order valence-electron chi connectivity index (χ2n) is 4.16. The van der Waals surface area contributed by atoms with Crippen LogP contribution in [0.3, 0.4) is 0 Å². The lowest BCUT2D eigenvalue weighted by Gasteiger charge is -2.11. The SMILES string of the molecule is Cc1ccc(-c2cccc(C)c2SNC=O)cc1. The summed E-state index contributed by atoms with van der Waals surface area (Å²) in [4.78, 5) is 11.5. The third-order valence-corrected chi connectivity index (χ3v) is 3.74. The van der Waals surface area contributed by atoms with Crippen LogP contribution < -0.4 is 4.72 Å². The fourth-order valence-electron chi connectivity index (χ4n) is 1.83. The minimum atomic E-state index is 0.704. The van der Waals surface area contributed by atoms with E-state index < -0.39 is 0 Å². The molecular weight excluding hydrogens is 242 g/mol. The van der Waals surface area contributed by atoms with Gasteiger partial charge in [0, 0.05) is 4.90 Å². The maximum atomic E-state index is 10.4. The highest BCUT2D eigenvalue weighted by Gasteiger charge is 2.08. The van der Waals surface area contributed by atoms with Crippen LogP contribution in [0.25, 0.3) is 11.1 Å². The van der Waals surface area contributed by atoms with E-state index >= 15 is 0 Å². The number of amides is 1. The van der Waals surface area contributed by atoms with Crippen molar-refractivity contribution in [2.75, 3.05) is 0 Å². The fourth-order valence-corrected chi connectivity index (χ4v) is 2.52. The minimum absolute atomic E-state index is 0.704. The van der Waals surface area contributed by atoms with Crippen LogP contribution in [0.15, 0.2) is 47.4 Å². The smallest absolute Gasteiger partial charge is 0.217 e. The molecule has 0 saturated carbocycles. The molecule has 0 heterocycles. The lowest BCUT2D eigenvalue weighted by Crippen LogP contribution is -1.99. The predicted octanol–water partition coefficient (Wildman–Crippen LogP) is 3.72. The Morgan fingerprint density at radius 2 is 1.78 bits per heavy atom. The zero-order chi connectivity index (χ0) is 13.0. The summed E-state index contributed by atoms with van der Waals surface area (Å²) < 4.78 is 2.66. The summed E-state index contributed by atoms with van der Waals surface area (Å²) in [5.74, 6) is 0. The van der Waals surface area contributed by atoms with Gasteiger partial charge in [-0.1, -0.05) is 48.0 Å². The van der Waals surface area contributed by atoms with E-state index in [4.69, 9.17) is 0 Å². The van der Waals surface area contributed by atoms with Crippen LogP contribution in [0.5, 0.6) is 0 Å². The van der Waals surface area contributed by atoms with Gasteiger partial charge in [-0.2, -0.15) is 0 Å². The first-order chi connectivity index (χ1) is 8.72. The average Bonchev–Trinajstić information content (AvgIpc) is 2.38. The summed E-state index contributed by atoms with van der Waals surface area (Å²) in [6.07, 6.45) is 0.704. The topological polar surface area (TPSA) is 29.1 Å². The van der Waals surface area contributed by atoms with Gasteiger partial charge < -0.3 is 0 Å². The Kier molecular flexibility index (Phi) is 4.05. The Balaban J connectivity index is 2.45.